The van der Waals surface area contributed by atoms with Gasteiger partial charge in [0.1, 0.15) is 0 Å². The molecule has 0 spiro atoms. The van der Waals surface area contributed by atoms with Crippen LogP contribution < -0.4 is 5.23 Å². The number of rotatable bonds is 2. The Hall–Kier alpha value is 0.185. The fourth-order valence-corrected chi connectivity index (χ4v) is 0.267. The molecule has 0 aromatic carbocycles. The minimum Gasteiger partial charge on any atom is -0.408 e. The monoisotopic (exact) mass is 123 g/mol. The normalized spacial score (nSPS) is 7.00. The first-order valence-corrected chi connectivity index (χ1v) is 2.29. The van der Waals surface area contributed by atoms with Crippen molar-refractivity contribution in [2.75, 3.05) is 0 Å². The molecule has 0 aliphatic carbocycles. The van der Waals surface area contributed by atoms with Gasteiger partial charge in [0, 0.05) is 0 Å². The number of halogens is 2. The molecule has 0 aromatic heterocycles. The van der Waals surface area contributed by atoms with Gasteiger partial charge in [-0.3, -0.25) is 0 Å². The Kier molecular flexibility index (Phi) is 3.48. The SMILES string of the molecule is C=CNB(Cl)Cl. The third kappa shape index (κ3) is 4.18. The van der Waals surface area contributed by atoms with Crippen molar-refractivity contribution in [3.8, 4) is 0 Å². The molecule has 0 atom stereocenters. The second-order valence-electron chi connectivity index (χ2n) is 0.671. The molecule has 0 aromatic rings. The highest BCUT2D eigenvalue weighted by molar-refractivity contribution is 7.32. The lowest BCUT2D eigenvalue weighted by Crippen LogP contribution is -2.14. The lowest BCUT2D eigenvalue weighted by atomic mass is 10.4. The molecule has 0 rings (SSSR count). The van der Waals surface area contributed by atoms with Crippen LogP contribution in [0.5, 0.6) is 0 Å². The first kappa shape index (κ1) is 6.18. The Morgan fingerprint density at radius 2 is 2.17 bits per heavy atom. The van der Waals surface area contributed by atoms with Gasteiger partial charge in [0.25, 0.3) is 0 Å². The highest BCUT2D eigenvalue weighted by Gasteiger charge is 1.97. The Labute approximate surface area is 47.2 Å². The third-order valence-corrected chi connectivity index (χ3v) is 0.496. The zero-order valence-corrected chi connectivity index (χ0v) is 4.63. The van der Waals surface area contributed by atoms with Crippen molar-refractivity contribution in [3.05, 3.63) is 12.8 Å². The molecule has 1 N–H and O–H groups in total. The maximum atomic E-state index is 5.16. The van der Waals surface area contributed by atoms with E-state index in [9.17, 15) is 0 Å². The Morgan fingerprint density at radius 3 is 2.17 bits per heavy atom. The summed E-state index contributed by atoms with van der Waals surface area (Å²) < 4.78 is 0. The van der Waals surface area contributed by atoms with E-state index in [2.05, 4.69) is 11.8 Å². The fraction of sp³-hybridized carbons (Fsp3) is 0. The van der Waals surface area contributed by atoms with Gasteiger partial charge in [0.2, 0.25) is 0 Å². The van der Waals surface area contributed by atoms with Gasteiger partial charge in [0.05, 0.1) is 0 Å². The van der Waals surface area contributed by atoms with Gasteiger partial charge in [-0.15, -0.1) is 22.9 Å². The van der Waals surface area contributed by atoms with Crippen molar-refractivity contribution in [2.45, 2.75) is 0 Å². The van der Waals surface area contributed by atoms with E-state index < -0.39 is 5.68 Å². The third-order valence-electron chi connectivity index (χ3n) is 0.244. The molecule has 0 saturated heterocycles. The Bertz CT molecular complexity index is 46.8. The highest BCUT2D eigenvalue weighted by Crippen LogP contribution is 1.86. The number of hydrogen-bond donors (Lipinski definition) is 1. The second kappa shape index (κ2) is 3.38. The zero-order chi connectivity index (χ0) is 4.99. The van der Waals surface area contributed by atoms with Crippen LogP contribution in [0, 0.1) is 0 Å². The molecule has 0 amide bonds. The molecule has 0 aliphatic heterocycles. The lowest BCUT2D eigenvalue weighted by molar-refractivity contribution is 1.39. The van der Waals surface area contributed by atoms with Gasteiger partial charge in [-0.2, -0.15) is 0 Å². The molecule has 1 nitrogen and oxygen atoms in total. The van der Waals surface area contributed by atoms with E-state index in [4.69, 9.17) is 22.9 Å². The van der Waals surface area contributed by atoms with Gasteiger partial charge >= 0.3 is 5.68 Å². The van der Waals surface area contributed by atoms with Crippen LogP contribution >= 0.6 is 22.9 Å². The topological polar surface area (TPSA) is 12.0 Å². The summed E-state index contributed by atoms with van der Waals surface area (Å²) in [4.78, 5) is 0. The molecule has 6 heavy (non-hydrogen) atoms. The summed E-state index contributed by atoms with van der Waals surface area (Å²) in [7, 11) is 0. The lowest BCUT2D eigenvalue weighted by Gasteiger charge is -1.88. The minimum absolute atomic E-state index is 0.525. The minimum atomic E-state index is -0.525. The van der Waals surface area contributed by atoms with Crippen molar-refractivity contribution < 1.29 is 0 Å². The van der Waals surface area contributed by atoms with Crippen LogP contribution in [0.3, 0.4) is 0 Å². The maximum absolute atomic E-state index is 5.16. The molecule has 0 bridgehead atoms. The summed E-state index contributed by atoms with van der Waals surface area (Å²) in [6.45, 7) is 3.32. The van der Waals surface area contributed by atoms with Gasteiger partial charge in [-0.05, 0) is 6.20 Å². The van der Waals surface area contributed by atoms with Gasteiger partial charge in [-0.1, -0.05) is 6.58 Å². The van der Waals surface area contributed by atoms with E-state index in [-0.39, 0.29) is 0 Å². The maximum Gasteiger partial charge on any atom is 0.464 e. The van der Waals surface area contributed by atoms with E-state index in [1.165, 1.54) is 6.20 Å². The van der Waals surface area contributed by atoms with Gasteiger partial charge in [-0.25, -0.2) is 0 Å². The molecule has 4 heteroatoms. The van der Waals surface area contributed by atoms with Crippen molar-refractivity contribution >= 4 is 28.6 Å². The van der Waals surface area contributed by atoms with Gasteiger partial charge < -0.3 is 5.23 Å². The first-order chi connectivity index (χ1) is 2.77. The van der Waals surface area contributed by atoms with Crippen molar-refractivity contribution in [1.82, 2.24) is 5.23 Å². The molecule has 0 unspecified atom stereocenters. The molecule has 0 heterocycles. The highest BCUT2D eigenvalue weighted by atomic mass is 35.5. The van der Waals surface area contributed by atoms with Crippen LogP contribution in [0.1, 0.15) is 0 Å². The summed E-state index contributed by atoms with van der Waals surface area (Å²) >= 11 is 10.3. The summed E-state index contributed by atoms with van der Waals surface area (Å²) in [5, 5.41) is 2.50. The quantitative estimate of drug-likeness (QED) is 0.544. The summed E-state index contributed by atoms with van der Waals surface area (Å²) in [5.74, 6) is 0. The average molecular weight is 124 g/mol. The number of hydrogen-bond acceptors (Lipinski definition) is 1. The molecule has 0 fully saturated rings. The smallest absolute Gasteiger partial charge is 0.408 e. The molecule has 34 valence electrons. The Morgan fingerprint density at radius 1 is 1.67 bits per heavy atom. The largest absolute Gasteiger partial charge is 0.464 e. The molecule has 0 aliphatic rings. The first-order valence-electron chi connectivity index (χ1n) is 1.42. The van der Waals surface area contributed by atoms with Crippen LogP contribution in [0.15, 0.2) is 12.8 Å². The molecular weight excluding hydrogens is 120 g/mol. The molecule has 0 radical (unpaired) electrons. The molecule has 0 saturated carbocycles. The van der Waals surface area contributed by atoms with Gasteiger partial charge in [0.15, 0.2) is 0 Å². The zero-order valence-electron chi connectivity index (χ0n) is 3.12. The van der Waals surface area contributed by atoms with Crippen molar-refractivity contribution in [1.29, 1.82) is 0 Å². The van der Waals surface area contributed by atoms with E-state index in [1.54, 1.807) is 0 Å². The van der Waals surface area contributed by atoms with E-state index in [0.717, 1.165) is 0 Å². The van der Waals surface area contributed by atoms with Crippen LogP contribution in [0.2, 0.25) is 0 Å². The van der Waals surface area contributed by atoms with Crippen molar-refractivity contribution in [2.24, 2.45) is 0 Å². The van der Waals surface area contributed by atoms with Crippen LogP contribution in [-0.4, -0.2) is 5.68 Å². The van der Waals surface area contributed by atoms with E-state index in [1.807, 2.05) is 0 Å². The van der Waals surface area contributed by atoms with E-state index >= 15 is 0 Å². The van der Waals surface area contributed by atoms with Crippen LogP contribution in [0.4, 0.5) is 0 Å². The van der Waals surface area contributed by atoms with Crippen LogP contribution in [-0.2, 0) is 0 Å². The fourth-order valence-electron chi connectivity index (χ4n) is 0.0891. The summed E-state index contributed by atoms with van der Waals surface area (Å²) in [6.07, 6.45) is 1.44. The van der Waals surface area contributed by atoms with Crippen molar-refractivity contribution in [3.63, 3.8) is 0 Å². The predicted octanol–water partition coefficient (Wildman–Crippen LogP) is 1.18. The molecular formula is C2H4BCl2N. The van der Waals surface area contributed by atoms with Crippen LogP contribution in [0.25, 0.3) is 0 Å². The summed E-state index contributed by atoms with van der Waals surface area (Å²) in [5.41, 5.74) is -0.525. The predicted molar refractivity (Wildman–Crippen MR) is 30.8 cm³/mol. The second-order valence-corrected chi connectivity index (χ2v) is 1.77. The number of nitrogens with one attached hydrogen (secondary N) is 1. The Balaban J connectivity index is 2.81. The standard InChI is InChI=1S/C2H4BCl2N/c1-2-6-3(4)5/h2,6H,1H2. The summed E-state index contributed by atoms with van der Waals surface area (Å²) in [6, 6.07) is 0. The van der Waals surface area contributed by atoms with E-state index in [0.29, 0.717) is 0 Å². The average Bonchev–Trinajstić information content (AvgIpc) is 1.35.